The van der Waals surface area contributed by atoms with Crippen molar-refractivity contribution in [3.05, 3.63) is 29.8 Å². The summed E-state index contributed by atoms with van der Waals surface area (Å²) in [5.74, 6) is 0.795. The van der Waals surface area contributed by atoms with E-state index in [-0.39, 0.29) is 0 Å². The summed E-state index contributed by atoms with van der Waals surface area (Å²) in [4.78, 5) is 4.61. The minimum absolute atomic E-state index is 0.345. The molecular formula is C16H25N3O2S2. The summed E-state index contributed by atoms with van der Waals surface area (Å²) in [7, 11) is -1.37. The lowest BCUT2D eigenvalue weighted by atomic mass is 10.2. The van der Waals surface area contributed by atoms with Gasteiger partial charge in [0, 0.05) is 31.1 Å². The van der Waals surface area contributed by atoms with Crippen LogP contribution < -0.4 is 10.6 Å². The van der Waals surface area contributed by atoms with Crippen LogP contribution in [0.15, 0.2) is 34.2 Å². The van der Waals surface area contributed by atoms with Crippen molar-refractivity contribution in [2.24, 2.45) is 4.99 Å². The third-order valence-electron chi connectivity index (χ3n) is 4.09. The van der Waals surface area contributed by atoms with Gasteiger partial charge in [-0.3, -0.25) is 4.99 Å². The van der Waals surface area contributed by atoms with Crippen LogP contribution >= 0.6 is 11.8 Å². The highest BCUT2D eigenvalue weighted by Gasteiger charge is 2.24. The second kappa shape index (κ2) is 8.06. The Morgan fingerprint density at radius 2 is 2.00 bits per heavy atom. The SMILES string of the molecule is CN=C(NCc1ccc(S(C)(=O)=O)cc1)NC1CCC(SC)C1. The van der Waals surface area contributed by atoms with Crippen molar-refractivity contribution >= 4 is 27.6 Å². The molecule has 0 amide bonds. The van der Waals surface area contributed by atoms with Crippen LogP contribution in [0, 0.1) is 0 Å². The minimum Gasteiger partial charge on any atom is -0.354 e. The first-order valence-corrected chi connectivity index (χ1v) is 10.9. The van der Waals surface area contributed by atoms with E-state index in [4.69, 9.17) is 0 Å². The Bertz CT molecular complexity index is 642. The lowest BCUT2D eigenvalue weighted by Crippen LogP contribution is -2.42. The molecule has 0 aromatic heterocycles. The predicted molar refractivity (Wildman–Crippen MR) is 97.8 cm³/mol. The molecule has 2 N–H and O–H groups in total. The molecule has 1 aliphatic rings. The molecule has 2 atom stereocenters. The number of aliphatic imine (C=N–C) groups is 1. The number of hydrogen-bond donors (Lipinski definition) is 2. The van der Waals surface area contributed by atoms with E-state index in [1.54, 1.807) is 19.2 Å². The van der Waals surface area contributed by atoms with Gasteiger partial charge in [0.05, 0.1) is 4.90 Å². The normalized spacial score (nSPS) is 22.1. The smallest absolute Gasteiger partial charge is 0.191 e. The maximum atomic E-state index is 11.5. The van der Waals surface area contributed by atoms with Gasteiger partial charge in [0.2, 0.25) is 0 Å². The standard InChI is InChI=1S/C16H25N3O2S2/c1-17-16(19-13-6-7-14(10-13)22-2)18-11-12-4-8-15(9-5-12)23(3,20)21/h4-5,8-9,13-14H,6-7,10-11H2,1-3H3,(H2,17,18,19). The third kappa shape index (κ3) is 5.42. The van der Waals surface area contributed by atoms with E-state index < -0.39 is 9.84 Å². The molecule has 2 unspecified atom stereocenters. The van der Waals surface area contributed by atoms with E-state index in [1.165, 1.54) is 25.5 Å². The monoisotopic (exact) mass is 355 g/mol. The van der Waals surface area contributed by atoms with Gasteiger partial charge in [0.25, 0.3) is 0 Å². The topological polar surface area (TPSA) is 70.6 Å². The fourth-order valence-electron chi connectivity index (χ4n) is 2.71. The molecule has 2 rings (SSSR count). The summed E-state index contributed by atoms with van der Waals surface area (Å²) in [6.07, 6.45) is 6.98. The van der Waals surface area contributed by atoms with Crippen molar-refractivity contribution < 1.29 is 8.42 Å². The van der Waals surface area contributed by atoms with Crippen molar-refractivity contribution in [1.29, 1.82) is 0 Å². The van der Waals surface area contributed by atoms with Crippen molar-refractivity contribution in [3.63, 3.8) is 0 Å². The zero-order valence-corrected chi connectivity index (χ0v) is 15.5. The number of nitrogens with one attached hydrogen (secondary N) is 2. The highest BCUT2D eigenvalue weighted by atomic mass is 32.2. The highest BCUT2D eigenvalue weighted by molar-refractivity contribution is 7.99. The van der Waals surface area contributed by atoms with Crippen LogP contribution in [0.4, 0.5) is 0 Å². The van der Waals surface area contributed by atoms with Crippen LogP contribution in [0.25, 0.3) is 0 Å². The molecule has 1 aromatic rings. The Morgan fingerprint density at radius 1 is 1.30 bits per heavy atom. The maximum Gasteiger partial charge on any atom is 0.191 e. The summed E-state index contributed by atoms with van der Waals surface area (Å²) in [6.45, 7) is 0.613. The average Bonchev–Trinajstić information content (AvgIpc) is 2.98. The van der Waals surface area contributed by atoms with Gasteiger partial charge < -0.3 is 10.6 Å². The van der Waals surface area contributed by atoms with Gasteiger partial charge >= 0.3 is 0 Å². The van der Waals surface area contributed by atoms with Gasteiger partial charge in [0.1, 0.15) is 0 Å². The van der Waals surface area contributed by atoms with E-state index in [0.717, 1.165) is 16.8 Å². The Balaban J connectivity index is 1.86. The summed E-state index contributed by atoms with van der Waals surface area (Å²) in [5.41, 5.74) is 1.02. The average molecular weight is 356 g/mol. The van der Waals surface area contributed by atoms with Gasteiger partial charge in [0.15, 0.2) is 15.8 Å². The summed E-state index contributed by atoms with van der Waals surface area (Å²) >= 11 is 1.93. The Labute approximate surface area is 143 Å². The molecular weight excluding hydrogens is 330 g/mol. The van der Waals surface area contributed by atoms with E-state index in [1.807, 2.05) is 23.9 Å². The Morgan fingerprint density at radius 3 is 2.52 bits per heavy atom. The van der Waals surface area contributed by atoms with Crippen LogP contribution in [0.5, 0.6) is 0 Å². The van der Waals surface area contributed by atoms with Crippen molar-refractivity contribution in [3.8, 4) is 0 Å². The zero-order valence-electron chi connectivity index (χ0n) is 13.9. The number of rotatable bonds is 5. The fraction of sp³-hybridized carbons (Fsp3) is 0.562. The van der Waals surface area contributed by atoms with Gasteiger partial charge in [-0.25, -0.2) is 8.42 Å². The van der Waals surface area contributed by atoms with Gasteiger partial charge in [-0.05, 0) is 43.2 Å². The Kier molecular flexibility index (Phi) is 6.35. The zero-order chi connectivity index (χ0) is 16.9. The molecule has 0 bridgehead atoms. The molecule has 7 heteroatoms. The first-order valence-electron chi connectivity index (χ1n) is 7.71. The maximum absolute atomic E-state index is 11.5. The first kappa shape index (κ1) is 18.1. The lowest BCUT2D eigenvalue weighted by molar-refractivity contribution is 0.601. The summed E-state index contributed by atoms with van der Waals surface area (Å²) in [6, 6.07) is 7.42. The van der Waals surface area contributed by atoms with Gasteiger partial charge in [-0.15, -0.1) is 0 Å². The highest BCUT2D eigenvalue weighted by Crippen LogP contribution is 2.28. The molecule has 1 saturated carbocycles. The van der Waals surface area contributed by atoms with E-state index >= 15 is 0 Å². The molecule has 1 aromatic carbocycles. The molecule has 128 valence electrons. The van der Waals surface area contributed by atoms with E-state index in [0.29, 0.717) is 17.5 Å². The Hall–Kier alpha value is -1.21. The molecule has 5 nitrogen and oxygen atoms in total. The van der Waals surface area contributed by atoms with Crippen LogP contribution in [0.2, 0.25) is 0 Å². The van der Waals surface area contributed by atoms with E-state index in [2.05, 4.69) is 21.9 Å². The number of thioether (sulfide) groups is 1. The van der Waals surface area contributed by atoms with Crippen LogP contribution in [-0.2, 0) is 16.4 Å². The van der Waals surface area contributed by atoms with E-state index in [9.17, 15) is 8.42 Å². The largest absolute Gasteiger partial charge is 0.354 e. The number of benzene rings is 1. The fourth-order valence-corrected chi connectivity index (χ4v) is 4.14. The number of sulfone groups is 1. The summed E-state index contributed by atoms with van der Waals surface area (Å²) < 4.78 is 22.9. The molecule has 23 heavy (non-hydrogen) atoms. The molecule has 0 heterocycles. The predicted octanol–water partition coefficient (Wildman–Crippen LogP) is 2.04. The van der Waals surface area contributed by atoms with Crippen LogP contribution in [0.3, 0.4) is 0 Å². The molecule has 1 fully saturated rings. The van der Waals surface area contributed by atoms with Crippen LogP contribution in [0.1, 0.15) is 24.8 Å². The van der Waals surface area contributed by atoms with Crippen molar-refractivity contribution in [2.45, 2.75) is 42.0 Å². The second-order valence-electron chi connectivity index (χ2n) is 5.85. The van der Waals surface area contributed by atoms with Crippen molar-refractivity contribution in [2.75, 3.05) is 19.6 Å². The molecule has 0 saturated heterocycles. The number of nitrogens with zero attached hydrogens (tertiary/aromatic N) is 1. The van der Waals surface area contributed by atoms with Crippen LogP contribution in [-0.4, -0.2) is 45.2 Å². The molecule has 0 aliphatic heterocycles. The third-order valence-corrected chi connectivity index (χ3v) is 6.32. The van der Waals surface area contributed by atoms with Gasteiger partial charge in [-0.1, -0.05) is 12.1 Å². The van der Waals surface area contributed by atoms with Gasteiger partial charge in [-0.2, -0.15) is 11.8 Å². The quantitative estimate of drug-likeness (QED) is 0.625. The molecule has 1 aliphatic carbocycles. The summed E-state index contributed by atoms with van der Waals surface area (Å²) in [5, 5.41) is 7.50. The number of hydrogen-bond acceptors (Lipinski definition) is 4. The second-order valence-corrected chi connectivity index (χ2v) is 9.01. The lowest BCUT2D eigenvalue weighted by Gasteiger charge is -2.17. The first-order chi connectivity index (χ1) is 10.9. The minimum atomic E-state index is -3.14. The van der Waals surface area contributed by atoms with Crippen molar-refractivity contribution in [1.82, 2.24) is 10.6 Å². The number of guanidine groups is 1. The molecule has 0 radical (unpaired) electrons. The molecule has 0 spiro atoms.